The molecule has 3 N–H and O–H groups in total. The Hall–Kier alpha value is -1.07. The van der Waals surface area contributed by atoms with Gasteiger partial charge in [0.25, 0.3) is 0 Å². The lowest BCUT2D eigenvalue weighted by Gasteiger charge is -2.24. The van der Waals surface area contributed by atoms with Crippen molar-refractivity contribution in [3.8, 4) is 0 Å². The average Bonchev–Trinajstić information content (AvgIpc) is 2.71. The smallest absolute Gasteiger partial charge is 0.248 e. The molecule has 1 amide bonds. The van der Waals surface area contributed by atoms with Gasteiger partial charge in [-0.1, -0.05) is 12.1 Å². The number of rotatable bonds is 3. The van der Waals surface area contributed by atoms with E-state index in [4.69, 9.17) is 5.73 Å². The molecule has 0 bridgehead atoms. The predicted octanol–water partition coefficient (Wildman–Crippen LogP) is 0.886. The zero-order valence-corrected chi connectivity index (χ0v) is 9.52. The van der Waals surface area contributed by atoms with Gasteiger partial charge in [0.05, 0.1) is 0 Å². The Morgan fingerprint density at radius 2 is 2.19 bits per heavy atom. The number of benzene rings is 1. The molecule has 1 aromatic carbocycles. The highest BCUT2D eigenvalue weighted by Gasteiger charge is 2.40. The summed E-state index contributed by atoms with van der Waals surface area (Å²) < 4.78 is 12.7. The van der Waals surface area contributed by atoms with Gasteiger partial charge in [0, 0.05) is 18.7 Å². The first-order chi connectivity index (χ1) is 7.62. The third-order valence-corrected chi connectivity index (χ3v) is 4.02. The van der Waals surface area contributed by atoms with Gasteiger partial charge in [-0.05, 0) is 17.7 Å². The first-order valence-corrected chi connectivity index (χ1v) is 6.04. The first kappa shape index (κ1) is 11.4. The summed E-state index contributed by atoms with van der Waals surface area (Å²) in [6.45, 7) is 0.773. The fourth-order valence-electron chi connectivity index (χ4n) is 1.78. The second-order valence-electron chi connectivity index (χ2n) is 3.77. The molecule has 0 saturated carbocycles. The van der Waals surface area contributed by atoms with Crippen molar-refractivity contribution in [2.24, 2.45) is 5.73 Å². The molecule has 86 valence electrons. The molecule has 1 heterocycles. The molecule has 2 rings (SSSR count). The lowest BCUT2D eigenvalue weighted by atomic mass is 10.0. The van der Waals surface area contributed by atoms with Gasteiger partial charge < -0.3 is 5.73 Å². The molecule has 1 aliphatic rings. The number of thioether (sulfide) groups is 1. The van der Waals surface area contributed by atoms with E-state index in [1.165, 1.54) is 23.9 Å². The third-order valence-electron chi connectivity index (χ3n) is 2.63. The largest absolute Gasteiger partial charge is 0.367 e. The minimum Gasteiger partial charge on any atom is -0.367 e. The van der Waals surface area contributed by atoms with Crippen LogP contribution in [-0.4, -0.2) is 23.1 Å². The van der Waals surface area contributed by atoms with Gasteiger partial charge in [-0.15, -0.1) is 11.8 Å². The summed E-state index contributed by atoms with van der Waals surface area (Å²) in [6.07, 6.45) is 0.493. The van der Waals surface area contributed by atoms with Crippen LogP contribution in [0.4, 0.5) is 4.39 Å². The van der Waals surface area contributed by atoms with Crippen molar-refractivity contribution in [2.75, 3.05) is 12.3 Å². The summed E-state index contributed by atoms with van der Waals surface area (Å²) in [6, 6.07) is 6.15. The van der Waals surface area contributed by atoms with Crippen molar-refractivity contribution < 1.29 is 9.18 Å². The molecule has 1 aromatic rings. The summed E-state index contributed by atoms with van der Waals surface area (Å²) in [5, 5.41) is 3.13. The van der Waals surface area contributed by atoms with Crippen LogP contribution in [0.2, 0.25) is 0 Å². The number of hydrogen-bond donors (Lipinski definition) is 2. The van der Waals surface area contributed by atoms with Crippen molar-refractivity contribution in [2.45, 2.75) is 11.3 Å². The maximum atomic E-state index is 12.7. The van der Waals surface area contributed by atoms with Crippen LogP contribution in [0.5, 0.6) is 0 Å². The molecule has 1 atom stereocenters. The van der Waals surface area contributed by atoms with E-state index >= 15 is 0 Å². The van der Waals surface area contributed by atoms with E-state index in [1.807, 2.05) is 0 Å². The maximum Gasteiger partial charge on any atom is 0.248 e. The average molecular weight is 240 g/mol. The van der Waals surface area contributed by atoms with E-state index in [-0.39, 0.29) is 11.7 Å². The SMILES string of the molecule is NC(=O)C1(Cc2ccc(F)cc2)NCCS1. The number of nitrogens with two attached hydrogens (primary N) is 1. The molecule has 0 aromatic heterocycles. The van der Waals surface area contributed by atoms with Crippen LogP contribution in [0.1, 0.15) is 5.56 Å². The fourth-order valence-corrected chi connectivity index (χ4v) is 2.95. The Kier molecular flexibility index (Phi) is 3.16. The number of carbonyl (C=O) groups excluding carboxylic acids is 1. The first-order valence-electron chi connectivity index (χ1n) is 5.06. The molecule has 3 nitrogen and oxygen atoms in total. The van der Waals surface area contributed by atoms with E-state index in [2.05, 4.69) is 5.32 Å². The second kappa shape index (κ2) is 4.43. The molecular formula is C11H13FN2OS. The quantitative estimate of drug-likeness (QED) is 0.825. The third kappa shape index (κ3) is 2.20. The van der Waals surface area contributed by atoms with E-state index in [1.54, 1.807) is 12.1 Å². The Labute approximate surface area is 97.6 Å². The Bertz CT molecular complexity index is 387. The number of nitrogens with one attached hydrogen (secondary N) is 1. The lowest BCUT2D eigenvalue weighted by molar-refractivity contribution is -0.120. The minimum absolute atomic E-state index is 0.274. The highest BCUT2D eigenvalue weighted by atomic mass is 32.2. The number of halogens is 1. The van der Waals surface area contributed by atoms with E-state index < -0.39 is 4.87 Å². The second-order valence-corrected chi connectivity index (χ2v) is 5.16. The fraction of sp³-hybridized carbons (Fsp3) is 0.364. The Morgan fingerprint density at radius 3 is 2.69 bits per heavy atom. The summed E-state index contributed by atoms with van der Waals surface area (Å²) >= 11 is 1.52. The van der Waals surface area contributed by atoms with Gasteiger partial charge >= 0.3 is 0 Å². The van der Waals surface area contributed by atoms with Gasteiger partial charge in [-0.2, -0.15) is 0 Å². The highest BCUT2D eigenvalue weighted by Crippen LogP contribution is 2.30. The van der Waals surface area contributed by atoms with Gasteiger partial charge in [-0.25, -0.2) is 4.39 Å². The number of carbonyl (C=O) groups is 1. The normalized spacial score (nSPS) is 24.6. The molecule has 1 saturated heterocycles. The summed E-state index contributed by atoms with van der Waals surface area (Å²) in [7, 11) is 0. The lowest BCUT2D eigenvalue weighted by Crippen LogP contribution is -2.51. The van der Waals surface area contributed by atoms with Crippen LogP contribution >= 0.6 is 11.8 Å². The van der Waals surface area contributed by atoms with Crippen molar-refractivity contribution in [3.63, 3.8) is 0 Å². The highest BCUT2D eigenvalue weighted by molar-refractivity contribution is 8.01. The van der Waals surface area contributed by atoms with Gasteiger partial charge in [0.15, 0.2) is 0 Å². The maximum absolute atomic E-state index is 12.7. The van der Waals surface area contributed by atoms with Crippen molar-refractivity contribution in [3.05, 3.63) is 35.6 Å². The number of primary amides is 1. The molecule has 0 spiro atoms. The van der Waals surface area contributed by atoms with Crippen LogP contribution in [-0.2, 0) is 11.2 Å². The molecule has 0 aliphatic carbocycles. The standard InChI is InChI=1S/C11H13FN2OS/c12-9-3-1-8(2-4-9)7-11(10(13)15)14-5-6-16-11/h1-4,14H,5-7H2,(H2,13,15). The topological polar surface area (TPSA) is 55.1 Å². The van der Waals surface area contributed by atoms with Gasteiger partial charge in [0.1, 0.15) is 10.7 Å². The van der Waals surface area contributed by atoms with Crippen LogP contribution in [0.25, 0.3) is 0 Å². The van der Waals surface area contributed by atoms with Crippen LogP contribution in [0, 0.1) is 5.82 Å². The molecule has 0 radical (unpaired) electrons. The number of amides is 1. The molecule has 1 fully saturated rings. The van der Waals surface area contributed by atoms with E-state index in [9.17, 15) is 9.18 Å². The molecular weight excluding hydrogens is 227 g/mol. The monoisotopic (exact) mass is 240 g/mol. The van der Waals surface area contributed by atoms with Crippen molar-refractivity contribution in [1.82, 2.24) is 5.32 Å². The minimum atomic E-state index is -0.724. The molecule has 1 aliphatic heterocycles. The van der Waals surface area contributed by atoms with Gasteiger partial charge in [-0.3, -0.25) is 10.1 Å². The molecule has 1 unspecified atom stereocenters. The van der Waals surface area contributed by atoms with Crippen molar-refractivity contribution in [1.29, 1.82) is 0 Å². The zero-order valence-electron chi connectivity index (χ0n) is 8.70. The zero-order chi connectivity index (χ0) is 11.6. The molecule has 5 heteroatoms. The summed E-state index contributed by atoms with van der Waals surface area (Å²) in [4.78, 5) is 10.7. The van der Waals surface area contributed by atoms with Crippen LogP contribution in [0.15, 0.2) is 24.3 Å². The summed E-state index contributed by atoms with van der Waals surface area (Å²) in [5.74, 6) is 0.229. The Morgan fingerprint density at radius 1 is 1.50 bits per heavy atom. The Balaban J connectivity index is 2.18. The number of hydrogen-bond acceptors (Lipinski definition) is 3. The predicted molar refractivity (Wildman–Crippen MR) is 62.5 cm³/mol. The summed E-state index contributed by atoms with van der Waals surface area (Å²) in [5.41, 5.74) is 6.32. The van der Waals surface area contributed by atoms with E-state index in [0.717, 1.165) is 17.9 Å². The van der Waals surface area contributed by atoms with Gasteiger partial charge in [0.2, 0.25) is 5.91 Å². The van der Waals surface area contributed by atoms with E-state index in [0.29, 0.717) is 6.42 Å². The van der Waals surface area contributed by atoms with Crippen LogP contribution in [0.3, 0.4) is 0 Å². The van der Waals surface area contributed by atoms with Crippen LogP contribution < -0.4 is 11.1 Å². The van der Waals surface area contributed by atoms with Crippen molar-refractivity contribution >= 4 is 17.7 Å². The molecule has 16 heavy (non-hydrogen) atoms.